The molecule has 4 aromatic rings. The molecule has 2 saturated carbocycles. The molecule has 8 rings (SSSR count). The molecule has 1 atom stereocenters. The summed E-state index contributed by atoms with van der Waals surface area (Å²) in [5, 5.41) is 13.3. The Balaban J connectivity index is 0.000000181. The van der Waals surface area contributed by atoms with E-state index in [1.165, 1.54) is 11.3 Å². The summed E-state index contributed by atoms with van der Waals surface area (Å²) >= 11 is 7.72. The second kappa shape index (κ2) is 11.6. The topological polar surface area (TPSA) is 125 Å². The molecule has 2 fully saturated rings. The number of ether oxygens (including phenoxy) is 5. The fourth-order valence-electron chi connectivity index (χ4n) is 5.68. The minimum atomic E-state index is -0.749. The number of amides is 1. The lowest BCUT2D eigenvalue weighted by molar-refractivity contribution is -0.140. The van der Waals surface area contributed by atoms with E-state index in [0.29, 0.717) is 46.0 Å². The fraction of sp³-hybridized carbons (Fsp3) is 0.303. The number of hydrogen-bond donors (Lipinski definition) is 2. The van der Waals surface area contributed by atoms with Gasteiger partial charge in [-0.1, -0.05) is 53.3 Å². The number of nitrogens with one attached hydrogen (secondary N) is 1. The number of carbonyl (C=O) groups is 2. The maximum atomic E-state index is 13.1. The van der Waals surface area contributed by atoms with Crippen LogP contribution in [0.2, 0.25) is 5.02 Å². The number of aromatic nitrogens is 1. The van der Waals surface area contributed by atoms with Crippen molar-refractivity contribution in [3.63, 3.8) is 0 Å². The first kappa shape index (κ1) is 29.4. The zero-order valence-corrected chi connectivity index (χ0v) is 25.8. The van der Waals surface area contributed by atoms with Crippen LogP contribution in [0, 0.1) is 0 Å². The molecule has 0 bridgehead atoms. The highest BCUT2D eigenvalue weighted by Crippen LogP contribution is 2.52. The van der Waals surface area contributed by atoms with E-state index < -0.39 is 16.8 Å². The third-order valence-corrected chi connectivity index (χ3v) is 9.92. The predicted octanol–water partition coefficient (Wildman–Crippen LogP) is 6.46. The van der Waals surface area contributed by atoms with Crippen LogP contribution >= 0.6 is 22.9 Å². The van der Waals surface area contributed by atoms with Crippen molar-refractivity contribution in [2.24, 2.45) is 0 Å². The third kappa shape index (κ3) is 5.45. The summed E-state index contributed by atoms with van der Waals surface area (Å²) in [4.78, 5) is 29.5. The van der Waals surface area contributed by atoms with E-state index in [-0.39, 0.29) is 25.6 Å². The van der Waals surface area contributed by atoms with Gasteiger partial charge in [0.2, 0.25) is 19.5 Å². The van der Waals surface area contributed by atoms with Crippen molar-refractivity contribution < 1.29 is 38.4 Å². The van der Waals surface area contributed by atoms with E-state index in [9.17, 15) is 9.59 Å². The van der Waals surface area contributed by atoms with Crippen molar-refractivity contribution in [1.29, 1.82) is 0 Å². The zero-order valence-electron chi connectivity index (χ0n) is 24.2. The maximum Gasteiger partial charge on any atom is 0.314 e. The number of aliphatic carboxylic acids is 1. The van der Waals surface area contributed by atoms with Crippen LogP contribution in [0.15, 0.2) is 66.9 Å². The van der Waals surface area contributed by atoms with E-state index in [0.717, 1.165) is 34.4 Å². The minimum Gasteiger partial charge on any atom is -0.481 e. The summed E-state index contributed by atoms with van der Waals surface area (Å²) in [5.41, 5.74) is 1.41. The Hall–Kier alpha value is -4.32. The van der Waals surface area contributed by atoms with E-state index in [2.05, 4.69) is 10.3 Å². The molecule has 10 nitrogen and oxygen atoms in total. The molecule has 0 saturated heterocycles. The Morgan fingerprint density at radius 1 is 0.889 bits per heavy atom. The van der Waals surface area contributed by atoms with Gasteiger partial charge in [-0.3, -0.25) is 9.59 Å². The van der Waals surface area contributed by atoms with Crippen molar-refractivity contribution in [2.75, 3.05) is 26.0 Å². The quantitative estimate of drug-likeness (QED) is 0.221. The van der Waals surface area contributed by atoms with E-state index in [4.69, 9.17) is 40.4 Å². The fourth-order valence-corrected chi connectivity index (χ4v) is 6.82. The van der Waals surface area contributed by atoms with Gasteiger partial charge in [-0.25, -0.2) is 4.98 Å². The van der Waals surface area contributed by atoms with E-state index in [1.807, 2.05) is 48.5 Å². The molecule has 2 aliphatic carbocycles. The number of carboxylic acids is 1. The Bertz CT molecular complexity index is 1780. The third-order valence-electron chi connectivity index (χ3n) is 8.62. The number of benzene rings is 3. The highest BCUT2D eigenvalue weighted by molar-refractivity contribution is 7.15. The van der Waals surface area contributed by atoms with Crippen LogP contribution in [0.1, 0.15) is 53.4 Å². The van der Waals surface area contributed by atoms with Crippen LogP contribution in [0.25, 0.3) is 0 Å². The first-order valence-electron chi connectivity index (χ1n) is 14.4. The molecule has 2 aliphatic heterocycles. The molecule has 1 unspecified atom stereocenters. The number of halogens is 1. The van der Waals surface area contributed by atoms with Crippen molar-refractivity contribution in [1.82, 2.24) is 4.98 Å². The largest absolute Gasteiger partial charge is 0.481 e. The van der Waals surface area contributed by atoms with E-state index in [1.54, 1.807) is 25.4 Å². The summed E-state index contributed by atoms with van der Waals surface area (Å²) in [6, 6.07) is 18.6. The monoisotopic (exact) mass is 648 g/mol. The van der Waals surface area contributed by atoms with Crippen molar-refractivity contribution >= 4 is 39.9 Å². The Morgan fingerprint density at radius 3 is 2.02 bits per heavy atom. The van der Waals surface area contributed by atoms with Crippen LogP contribution in [0.3, 0.4) is 0 Å². The SMILES string of the molecule is COC(c1cnc(NC(=O)C2(c3ccc4c(c3)OCO4)CC2)s1)c1ccccc1Cl.O=C(O)C1(c2ccc3c(c2)OCO3)CC1. The maximum absolute atomic E-state index is 13.1. The van der Waals surface area contributed by atoms with Gasteiger partial charge in [-0.2, -0.15) is 0 Å². The second-order valence-electron chi connectivity index (χ2n) is 11.3. The standard InChI is InChI=1S/C22H19ClN2O4S.C11H10O4/c1-27-19(14-4-2-3-5-15(14)23)18-11-24-21(30-18)25-20(26)22(8-9-22)13-6-7-16-17(10-13)29-12-28-16;12-10(13)11(3-4-11)7-1-2-8-9(5-7)15-6-14-8/h2-7,10-11,19H,8-9,12H2,1H3,(H,24,25,26);1-2,5H,3-4,6H2,(H,12,13). The smallest absolute Gasteiger partial charge is 0.314 e. The van der Waals surface area contributed by atoms with Gasteiger partial charge in [0, 0.05) is 23.9 Å². The van der Waals surface area contributed by atoms with Crippen molar-refractivity contribution in [2.45, 2.75) is 42.6 Å². The van der Waals surface area contributed by atoms with Crippen LogP contribution in [0.5, 0.6) is 23.0 Å². The van der Waals surface area contributed by atoms with Gasteiger partial charge in [-0.15, -0.1) is 0 Å². The van der Waals surface area contributed by atoms with Gasteiger partial charge in [0.25, 0.3) is 0 Å². The summed E-state index contributed by atoms with van der Waals surface area (Å²) in [5.74, 6) is 1.94. The Morgan fingerprint density at radius 2 is 1.47 bits per heavy atom. The number of methoxy groups -OCH3 is 1. The molecule has 2 N–H and O–H groups in total. The molecule has 3 aromatic carbocycles. The van der Waals surface area contributed by atoms with Crippen molar-refractivity contribution in [3.8, 4) is 23.0 Å². The molecule has 0 radical (unpaired) electrons. The minimum absolute atomic E-state index is 0.0611. The Kier molecular flexibility index (Phi) is 7.55. The molecule has 4 aliphatic rings. The molecule has 0 spiro atoms. The van der Waals surface area contributed by atoms with Gasteiger partial charge in [0.1, 0.15) is 6.10 Å². The van der Waals surface area contributed by atoms with Gasteiger partial charge < -0.3 is 34.1 Å². The highest BCUT2D eigenvalue weighted by Gasteiger charge is 2.53. The molecule has 3 heterocycles. The van der Waals surface area contributed by atoms with Crippen molar-refractivity contribution in [3.05, 3.63) is 93.5 Å². The molecular formula is C33H29ClN2O8S. The lowest BCUT2D eigenvalue weighted by Gasteiger charge is -2.16. The number of carbonyl (C=O) groups excluding carboxylic acids is 1. The van der Waals surface area contributed by atoms with Crippen LogP contribution in [-0.4, -0.2) is 42.7 Å². The summed E-state index contributed by atoms with van der Waals surface area (Å²) in [6.45, 7) is 0.435. The average Bonchev–Trinajstić information content (AvgIpc) is 3.87. The van der Waals surface area contributed by atoms with Gasteiger partial charge in [0.05, 0.1) is 15.7 Å². The van der Waals surface area contributed by atoms with Crippen LogP contribution in [-0.2, 0) is 25.2 Å². The van der Waals surface area contributed by atoms with E-state index >= 15 is 0 Å². The normalized spacial score (nSPS) is 17.9. The van der Waals surface area contributed by atoms with Gasteiger partial charge in [0.15, 0.2) is 28.1 Å². The van der Waals surface area contributed by atoms with Crippen LogP contribution in [0.4, 0.5) is 5.13 Å². The number of anilines is 1. The molecule has 232 valence electrons. The predicted molar refractivity (Wildman–Crippen MR) is 166 cm³/mol. The molecule has 45 heavy (non-hydrogen) atoms. The number of carboxylic acid groups (broad SMARTS) is 1. The highest BCUT2D eigenvalue weighted by atomic mass is 35.5. The summed E-state index contributed by atoms with van der Waals surface area (Å²) in [7, 11) is 1.63. The average molecular weight is 649 g/mol. The van der Waals surface area contributed by atoms with Gasteiger partial charge >= 0.3 is 5.97 Å². The summed E-state index contributed by atoms with van der Waals surface area (Å²) < 4.78 is 26.9. The second-order valence-corrected chi connectivity index (χ2v) is 12.7. The number of rotatable bonds is 8. The first-order chi connectivity index (χ1) is 21.8. The zero-order chi connectivity index (χ0) is 31.2. The molecule has 1 aromatic heterocycles. The first-order valence-corrected chi connectivity index (χ1v) is 15.6. The summed E-state index contributed by atoms with van der Waals surface area (Å²) in [6.07, 6.45) is 4.38. The molecule has 12 heteroatoms. The number of thiazole rings is 1. The lowest BCUT2D eigenvalue weighted by atomic mass is 9.94. The van der Waals surface area contributed by atoms with Crippen LogP contribution < -0.4 is 24.3 Å². The Labute approximate surface area is 267 Å². The van der Waals surface area contributed by atoms with Gasteiger partial charge in [-0.05, 0) is 67.1 Å². The number of hydrogen-bond acceptors (Lipinski definition) is 9. The number of fused-ring (bicyclic) bond motifs is 2. The molecule has 1 amide bonds. The number of nitrogens with zero attached hydrogens (tertiary/aromatic N) is 1. The lowest BCUT2D eigenvalue weighted by Crippen LogP contribution is -2.27. The molecular weight excluding hydrogens is 620 g/mol.